The molecular formula is C15H21N5O2S. The van der Waals surface area contributed by atoms with Gasteiger partial charge in [-0.05, 0) is 32.4 Å². The van der Waals surface area contributed by atoms with Crippen molar-refractivity contribution in [3.05, 3.63) is 35.8 Å². The number of sulfonamides is 1. The van der Waals surface area contributed by atoms with Crippen LogP contribution in [0.1, 0.15) is 17.8 Å². The molecule has 1 atom stereocenters. The monoisotopic (exact) mass is 335 g/mol. The SMILES string of the molecule is Cc1nn(C)c(C)c1S(=O)(=O)NC1CCN(c2ccccn2)C1. The average molecular weight is 335 g/mol. The van der Waals surface area contributed by atoms with Crippen molar-refractivity contribution in [1.29, 1.82) is 0 Å². The summed E-state index contributed by atoms with van der Waals surface area (Å²) in [5.74, 6) is 0.878. The quantitative estimate of drug-likeness (QED) is 0.901. The smallest absolute Gasteiger partial charge is 0.244 e. The maximum atomic E-state index is 12.7. The van der Waals surface area contributed by atoms with Gasteiger partial charge in [0.15, 0.2) is 0 Å². The molecule has 3 rings (SSSR count). The van der Waals surface area contributed by atoms with Crippen LogP contribution < -0.4 is 9.62 Å². The van der Waals surface area contributed by atoms with E-state index in [4.69, 9.17) is 0 Å². The molecule has 8 heteroatoms. The molecular weight excluding hydrogens is 314 g/mol. The van der Waals surface area contributed by atoms with Gasteiger partial charge < -0.3 is 4.90 Å². The highest BCUT2D eigenvalue weighted by Gasteiger charge is 2.30. The molecule has 0 aromatic carbocycles. The Bertz CT molecular complexity index is 801. The molecule has 1 fully saturated rings. The van der Waals surface area contributed by atoms with Gasteiger partial charge in [0, 0.05) is 32.4 Å². The van der Waals surface area contributed by atoms with Crippen LogP contribution >= 0.6 is 0 Å². The molecule has 124 valence electrons. The van der Waals surface area contributed by atoms with Gasteiger partial charge in [-0.1, -0.05) is 6.07 Å². The van der Waals surface area contributed by atoms with E-state index in [2.05, 4.69) is 19.7 Å². The van der Waals surface area contributed by atoms with E-state index in [0.29, 0.717) is 17.9 Å². The van der Waals surface area contributed by atoms with Crippen LogP contribution in [0.15, 0.2) is 29.3 Å². The summed E-state index contributed by atoms with van der Waals surface area (Å²) >= 11 is 0. The van der Waals surface area contributed by atoms with Crippen LogP contribution in [0.3, 0.4) is 0 Å². The van der Waals surface area contributed by atoms with E-state index >= 15 is 0 Å². The highest BCUT2D eigenvalue weighted by atomic mass is 32.2. The van der Waals surface area contributed by atoms with Crippen molar-refractivity contribution in [2.45, 2.75) is 31.2 Å². The van der Waals surface area contributed by atoms with Crippen LogP contribution in [-0.4, -0.2) is 42.3 Å². The number of nitrogens with one attached hydrogen (secondary N) is 1. The minimum Gasteiger partial charge on any atom is -0.355 e. The van der Waals surface area contributed by atoms with E-state index in [9.17, 15) is 8.42 Å². The van der Waals surface area contributed by atoms with Crippen molar-refractivity contribution < 1.29 is 8.42 Å². The molecule has 1 saturated heterocycles. The fraction of sp³-hybridized carbons (Fsp3) is 0.467. The first-order chi connectivity index (χ1) is 10.9. The van der Waals surface area contributed by atoms with Crippen molar-refractivity contribution in [2.24, 2.45) is 7.05 Å². The molecule has 0 radical (unpaired) electrons. The van der Waals surface area contributed by atoms with E-state index in [-0.39, 0.29) is 10.9 Å². The number of nitrogens with zero attached hydrogens (tertiary/aromatic N) is 4. The lowest BCUT2D eigenvalue weighted by Crippen LogP contribution is -2.37. The minimum absolute atomic E-state index is 0.124. The van der Waals surface area contributed by atoms with Crippen LogP contribution in [0.2, 0.25) is 0 Å². The van der Waals surface area contributed by atoms with Gasteiger partial charge in [0.2, 0.25) is 10.0 Å². The van der Waals surface area contributed by atoms with Gasteiger partial charge in [-0.25, -0.2) is 18.1 Å². The second-order valence-electron chi connectivity index (χ2n) is 5.86. The van der Waals surface area contributed by atoms with Crippen molar-refractivity contribution in [3.63, 3.8) is 0 Å². The van der Waals surface area contributed by atoms with E-state index < -0.39 is 10.0 Å². The summed E-state index contributed by atoms with van der Waals surface area (Å²) in [4.78, 5) is 6.70. The Morgan fingerprint density at radius 2 is 2.09 bits per heavy atom. The van der Waals surface area contributed by atoms with Crippen LogP contribution in [0.25, 0.3) is 0 Å². The molecule has 23 heavy (non-hydrogen) atoms. The third-order valence-corrected chi connectivity index (χ3v) is 5.97. The predicted octanol–water partition coefficient (Wildman–Crippen LogP) is 0.989. The van der Waals surface area contributed by atoms with E-state index in [1.807, 2.05) is 18.2 Å². The zero-order valence-electron chi connectivity index (χ0n) is 13.5. The molecule has 0 saturated carbocycles. The van der Waals surface area contributed by atoms with Crippen molar-refractivity contribution >= 4 is 15.8 Å². The van der Waals surface area contributed by atoms with Gasteiger partial charge in [-0.3, -0.25) is 4.68 Å². The Balaban J connectivity index is 1.75. The molecule has 1 N–H and O–H groups in total. The topological polar surface area (TPSA) is 80.1 Å². The van der Waals surface area contributed by atoms with E-state index in [1.165, 1.54) is 0 Å². The molecule has 2 aromatic heterocycles. The lowest BCUT2D eigenvalue weighted by Gasteiger charge is -2.17. The summed E-state index contributed by atoms with van der Waals surface area (Å²) in [6.07, 6.45) is 2.50. The number of hydrogen-bond acceptors (Lipinski definition) is 5. The fourth-order valence-electron chi connectivity index (χ4n) is 3.03. The summed E-state index contributed by atoms with van der Waals surface area (Å²) in [5, 5.41) is 4.19. The van der Waals surface area contributed by atoms with E-state index in [0.717, 1.165) is 18.8 Å². The van der Waals surface area contributed by atoms with Crippen LogP contribution in [0.4, 0.5) is 5.82 Å². The minimum atomic E-state index is -3.57. The van der Waals surface area contributed by atoms with E-state index in [1.54, 1.807) is 31.8 Å². The number of rotatable bonds is 4. The molecule has 1 aliphatic rings. The molecule has 2 aromatic rings. The third-order valence-electron chi connectivity index (χ3n) is 4.19. The Labute approximate surface area is 136 Å². The van der Waals surface area contributed by atoms with Crippen molar-refractivity contribution in [3.8, 4) is 0 Å². The van der Waals surface area contributed by atoms with Crippen LogP contribution in [-0.2, 0) is 17.1 Å². The third kappa shape index (κ3) is 3.09. The van der Waals surface area contributed by atoms with Crippen molar-refractivity contribution in [2.75, 3.05) is 18.0 Å². The Morgan fingerprint density at radius 3 is 2.70 bits per heavy atom. The largest absolute Gasteiger partial charge is 0.355 e. The molecule has 1 aliphatic heterocycles. The summed E-state index contributed by atoms with van der Waals surface area (Å²) in [5.41, 5.74) is 1.17. The number of aryl methyl sites for hydroxylation is 2. The van der Waals surface area contributed by atoms with Gasteiger partial charge in [0.25, 0.3) is 0 Å². The zero-order chi connectivity index (χ0) is 16.6. The molecule has 1 unspecified atom stereocenters. The zero-order valence-corrected chi connectivity index (χ0v) is 14.3. The molecule has 7 nitrogen and oxygen atoms in total. The van der Waals surface area contributed by atoms with Crippen molar-refractivity contribution in [1.82, 2.24) is 19.5 Å². The highest BCUT2D eigenvalue weighted by molar-refractivity contribution is 7.89. The molecule has 0 amide bonds. The maximum absolute atomic E-state index is 12.7. The molecule has 0 bridgehead atoms. The Kier molecular flexibility index (Phi) is 4.11. The second-order valence-corrected chi connectivity index (χ2v) is 7.52. The van der Waals surface area contributed by atoms with Gasteiger partial charge in [-0.2, -0.15) is 5.10 Å². The standard InChI is InChI=1S/C15H21N5O2S/c1-11-15(12(2)19(3)17-11)23(21,22)18-13-7-9-20(10-13)14-6-4-5-8-16-14/h4-6,8,13,18H,7,9-10H2,1-3H3. The van der Waals surface area contributed by atoms with Gasteiger partial charge in [-0.15, -0.1) is 0 Å². The molecule has 3 heterocycles. The predicted molar refractivity (Wildman–Crippen MR) is 87.9 cm³/mol. The first kappa shape index (κ1) is 15.9. The Morgan fingerprint density at radius 1 is 1.30 bits per heavy atom. The van der Waals surface area contributed by atoms with Gasteiger partial charge >= 0.3 is 0 Å². The second kappa shape index (κ2) is 5.93. The number of hydrogen-bond donors (Lipinski definition) is 1. The fourth-order valence-corrected chi connectivity index (χ4v) is 4.73. The maximum Gasteiger partial charge on any atom is 0.244 e. The number of aromatic nitrogens is 3. The average Bonchev–Trinajstić information content (AvgIpc) is 3.05. The number of pyridine rings is 1. The first-order valence-corrected chi connectivity index (χ1v) is 9.05. The normalized spacial score (nSPS) is 18.6. The van der Waals surface area contributed by atoms with Crippen LogP contribution in [0.5, 0.6) is 0 Å². The summed E-state index contributed by atoms with van der Waals surface area (Å²) in [6, 6.07) is 5.61. The summed E-state index contributed by atoms with van der Waals surface area (Å²) < 4.78 is 29.8. The lowest BCUT2D eigenvalue weighted by molar-refractivity contribution is 0.560. The highest BCUT2D eigenvalue weighted by Crippen LogP contribution is 2.22. The Hall–Kier alpha value is -1.93. The van der Waals surface area contributed by atoms with Crippen LogP contribution in [0, 0.1) is 13.8 Å². The van der Waals surface area contributed by atoms with Gasteiger partial charge in [0.1, 0.15) is 10.7 Å². The summed E-state index contributed by atoms with van der Waals surface area (Å²) in [7, 11) is -1.82. The molecule has 0 aliphatic carbocycles. The number of anilines is 1. The van der Waals surface area contributed by atoms with Gasteiger partial charge in [0.05, 0.1) is 11.4 Å². The summed E-state index contributed by atoms with van der Waals surface area (Å²) in [6.45, 7) is 4.89. The lowest BCUT2D eigenvalue weighted by atomic mass is 10.3. The molecule has 0 spiro atoms. The first-order valence-electron chi connectivity index (χ1n) is 7.57.